The molecule has 0 aliphatic heterocycles. The Hall–Kier alpha value is 0.530. The predicted octanol–water partition coefficient (Wildman–Crippen LogP) is 4.28. The standard InChI is InChI=1S/C11H14Br2.H2S/c12-8-4-7-11(13)9-10-5-2-1-3-6-10;/h1-3,5-6,11H,4,7-9H2;1H2. The van der Waals surface area contributed by atoms with E-state index in [4.69, 9.17) is 0 Å². The first-order valence-corrected chi connectivity index (χ1v) is 6.60. The summed E-state index contributed by atoms with van der Waals surface area (Å²) < 4.78 is 0. The maximum Gasteiger partial charge on any atom is 0.0186 e. The molecule has 0 N–H and O–H groups in total. The van der Waals surface area contributed by atoms with Gasteiger partial charge in [0, 0.05) is 10.2 Å². The van der Waals surface area contributed by atoms with Gasteiger partial charge in [0.15, 0.2) is 0 Å². The molecule has 1 aromatic rings. The second-order valence-corrected chi connectivity index (χ2v) is 5.21. The van der Waals surface area contributed by atoms with Crippen molar-refractivity contribution in [2.45, 2.75) is 24.1 Å². The molecule has 0 bridgehead atoms. The monoisotopic (exact) mass is 338 g/mol. The molecule has 0 nitrogen and oxygen atoms in total. The average Bonchev–Trinajstić information content (AvgIpc) is 2.16. The highest BCUT2D eigenvalue weighted by molar-refractivity contribution is 9.09. The minimum atomic E-state index is 0. The van der Waals surface area contributed by atoms with Gasteiger partial charge in [-0.25, -0.2) is 0 Å². The lowest BCUT2D eigenvalue weighted by molar-refractivity contribution is 0.752. The number of rotatable bonds is 5. The molecule has 0 spiro atoms. The molecular formula is C11H16Br2S. The second kappa shape index (κ2) is 8.81. The fourth-order valence-corrected chi connectivity index (χ4v) is 2.29. The van der Waals surface area contributed by atoms with Crippen molar-refractivity contribution in [3.8, 4) is 0 Å². The summed E-state index contributed by atoms with van der Waals surface area (Å²) >= 11 is 7.14. The Labute approximate surface area is 110 Å². The first kappa shape index (κ1) is 14.5. The number of halogens is 2. The molecule has 0 fully saturated rings. The lowest BCUT2D eigenvalue weighted by Crippen LogP contribution is -2.02. The van der Waals surface area contributed by atoms with Crippen molar-refractivity contribution in [1.29, 1.82) is 0 Å². The van der Waals surface area contributed by atoms with Gasteiger partial charge in [0.1, 0.15) is 0 Å². The van der Waals surface area contributed by atoms with Gasteiger partial charge in [0.25, 0.3) is 0 Å². The van der Waals surface area contributed by atoms with Crippen LogP contribution in [0.3, 0.4) is 0 Å². The Balaban J connectivity index is 0.00000169. The fourth-order valence-electron chi connectivity index (χ4n) is 1.27. The van der Waals surface area contributed by atoms with Gasteiger partial charge in [-0.3, -0.25) is 0 Å². The average molecular weight is 340 g/mol. The zero-order valence-corrected chi connectivity index (χ0v) is 12.2. The normalized spacial score (nSPS) is 11.9. The van der Waals surface area contributed by atoms with Crippen LogP contribution in [0.5, 0.6) is 0 Å². The third kappa shape index (κ3) is 6.10. The Morgan fingerprint density at radius 1 is 1.14 bits per heavy atom. The van der Waals surface area contributed by atoms with Crippen molar-refractivity contribution in [3.05, 3.63) is 35.9 Å². The van der Waals surface area contributed by atoms with Gasteiger partial charge in [-0.15, -0.1) is 0 Å². The fraction of sp³-hybridized carbons (Fsp3) is 0.455. The summed E-state index contributed by atoms with van der Waals surface area (Å²) in [6, 6.07) is 10.6. The van der Waals surface area contributed by atoms with Crippen LogP contribution in [0.1, 0.15) is 18.4 Å². The first-order chi connectivity index (χ1) is 6.33. The minimum Gasteiger partial charge on any atom is -0.197 e. The van der Waals surface area contributed by atoms with Crippen LogP contribution < -0.4 is 0 Å². The summed E-state index contributed by atoms with van der Waals surface area (Å²) in [6.45, 7) is 0. The van der Waals surface area contributed by atoms with Gasteiger partial charge in [-0.2, -0.15) is 13.5 Å². The number of alkyl halides is 2. The Morgan fingerprint density at radius 3 is 2.36 bits per heavy atom. The molecule has 0 radical (unpaired) electrons. The molecule has 80 valence electrons. The minimum absolute atomic E-state index is 0. The van der Waals surface area contributed by atoms with E-state index in [0.29, 0.717) is 4.83 Å². The molecule has 0 aliphatic carbocycles. The van der Waals surface area contributed by atoms with Crippen molar-refractivity contribution in [3.63, 3.8) is 0 Å². The Morgan fingerprint density at radius 2 is 1.79 bits per heavy atom. The molecule has 1 atom stereocenters. The lowest BCUT2D eigenvalue weighted by Gasteiger charge is -2.08. The molecular weight excluding hydrogens is 324 g/mol. The summed E-state index contributed by atoms with van der Waals surface area (Å²) in [5.74, 6) is 0. The number of hydrogen-bond acceptors (Lipinski definition) is 0. The van der Waals surface area contributed by atoms with Crippen LogP contribution in [0.15, 0.2) is 30.3 Å². The Kier molecular flexibility index (Phi) is 9.14. The summed E-state index contributed by atoms with van der Waals surface area (Å²) in [7, 11) is 0. The summed E-state index contributed by atoms with van der Waals surface area (Å²) in [5, 5.41) is 1.10. The van der Waals surface area contributed by atoms with Crippen molar-refractivity contribution in [1.82, 2.24) is 0 Å². The highest BCUT2D eigenvalue weighted by Crippen LogP contribution is 2.15. The van der Waals surface area contributed by atoms with E-state index in [1.165, 1.54) is 18.4 Å². The van der Waals surface area contributed by atoms with E-state index < -0.39 is 0 Å². The summed E-state index contributed by atoms with van der Waals surface area (Å²) in [5.41, 5.74) is 1.42. The first-order valence-electron chi connectivity index (χ1n) is 4.57. The van der Waals surface area contributed by atoms with Crippen molar-refractivity contribution < 1.29 is 0 Å². The van der Waals surface area contributed by atoms with Gasteiger partial charge in [-0.05, 0) is 24.8 Å². The zero-order chi connectivity index (χ0) is 9.52. The molecule has 14 heavy (non-hydrogen) atoms. The van der Waals surface area contributed by atoms with Crippen LogP contribution in [0.25, 0.3) is 0 Å². The molecule has 0 heterocycles. The van der Waals surface area contributed by atoms with Gasteiger partial charge in [0.05, 0.1) is 0 Å². The number of benzene rings is 1. The molecule has 1 unspecified atom stereocenters. The van der Waals surface area contributed by atoms with Crippen LogP contribution in [-0.4, -0.2) is 10.2 Å². The molecule has 1 rings (SSSR count). The van der Waals surface area contributed by atoms with E-state index in [9.17, 15) is 0 Å². The topological polar surface area (TPSA) is 0 Å². The summed E-state index contributed by atoms with van der Waals surface area (Å²) in [6.07, 6.45) is 3.61. The lowest BCUT2D eigenvalue weighted by atomic mass is 10.1. The smallest absolute Gasteiger partial charge is 0.0186 e. The van der Waals surface area contributed by atoms with Crippen LogP contribution in [0.2, 0.25) is 0 Å². The summed E-state index contributed by atoms with van der Waals surface area (Å²) in [4.78, 5) is 0.618. The molecule has 0 aromatic heterocycles. The van der Waals surface area contributed by atoms with Crippen molar-refractivity contribution >= 4 is 45.4 Å². The van der Waals surface area contributed by atoms with Crippen molar-refractivity contribution in [2.24, 2.45) is 0 Å². The van der Waals surface area contributed by atoms with E-state index in [2.05, 4.69) is 62.2 Å². The highest BCUT2D eigenvalue weighted by Gasteiger charge is 2.03. The SMILES string of the molecule is BrCCCC(Br)Cc1ccccc1.S. The predicted molar refractivity (Wildman–Crippen MR) is 76.3 cm³/mol. The van der Waals surface area contributed by atoms with Crippen LogP contribution in [-0.2, 0) is 6.42 Å². The molecule has 1 aromatic carbocycles. The van der Waals surface area contributed by atoms with Gasteiger partial charge in [-0.1, -0.05) is 62.2 Å². The third-order valence-electron chi connectivity index (χ3n) is 1.95. The largest absolute Gasteiger partial charge is 0.197 e. The third-order valence-corrected chi connectivity index (χ3v) is 3.29. The molecule has 0 aliphatic rings. The Bertz CT molecular complexity index is 226. The maximum absolute atomic E-state index is 3.69. The van der Waals surface area contributed by atoms with Crippen molar-refractivity contribution in [2.75, 3.05) is 5.33 Å². The van der Waals surface area contributed by atoms with Crippen LogP contribution in [0.4, 0.5) is 0 Å². The van der Waals surface area contributed by atoms with Crippen LogP contribution >= 0.6 is 45.4 Å². The zero-order valence-electron chi connectivity index (χ0n) is 8.05. The van der Waals surface area contributed by atoms with Crippen LogP contribution in [0, 0.1) is 0 Å². The van der Waals surface area contributed by atoms with E-state index in [-0.39, 0.29) is 13.5 Å². The van der Waals surface area contributed by atoms with E-state index >= 15 is 0 Å². The second-order valence-electron chi connectivity index (χ2n) is 3.12. The van der Waals surface area contributed by atoms with E-state index in [0.717, 1.165) is 11.8 Å². The number of hydrogen-bond donors (Lipinski definition) is 0. The van der Waals surface area contributed by atoms with Gasteiger partial charge < -0.3 is 0 Å². The quantitative estimate of drug-likeness (QED) is 0.702. The van der Waals surface area contributed by atoms with Gasteiger partial charge in [0.2, 0.25) is 0 Å². The maximum atomic E-state index is 3.69. The molecule has 3 heteroatoms. The molecule has 0 saturated carbocycles. The van der Waals surface area contributed by atoms with E-state index in [1.54, 1.807) is 0 Å². The molecule has 0 saturated heterocycles. The van der Waals surface area contributed by atoms with E-state index in [1.807, 2.05) is 0 Å². The molecule has 0 amide bonds. The highest BCUT2D eigenvalue weighted by atomic mass is 79.9. The van der Waals surface area contributed by atoms with Gasteiger partial charge >= 0.3 is 0 Å².